The van der Waals surface area contributed by atoms with Crippen LogP contribution < -0.4 is 5.32 Å². The van der Waals surface area contributed by atoms with Gasteiger partial charge in [-0.3, -0.25) is 9.97 Å². The Morgan fingerprint density at radius 1 is 1.50 bits per heavy atom. The fourth-order valence-corrected chi connectivity index (χ4v) is 1.93. The topological polar surface area (TPSA) is 47.0 Å². The standard InChI is InChI=1S/C12H19N3O/c1-10(12-8-13-6-7-15-12)16-9-11-4-2-3-5-14-11/h6-8,10-11,14H,2-5,9H2,1H3/t10-,11-/m0/s1. The summed E-state index contributed by atoms with van der Waals surface area (Å²) in [7, 11) is 0. The summed E-state index contributed by atoms with van der Waals surface area (Å²) in [5, 5.41) is 3.46. The molecule has 0 unspecified atom stereocenters. The Balaban J connectivity index is 1.77. The van der Waals surface area contributed by atoms with E-state index in [4.69, 9.17) is 4.74 Å². The Morgan fingerprint density at radius 2 is 2.44 bits per heavy atom. The molecule has 88 valence electrons. The van der Waals surface area contributed by atoms with Gasteiger partial charge in [0.25, 0.3) is 0 Å². The van der Waals surface area contributed by atoms with Gasteiger partial charge in [-0.15, -0.1) is 0 Å². The zero-order valence-electron chi connectivity index (χ0n) is 9.72. The highest BCUT2D eigenvalue weighted by atomic mass is 16.5. The molecule has 0 aromatic carbocycles. The van der Waals surface area contributed by atoms with E-state index in [9.17, 15) is 0 Å². The summed E-state index contributed by atoms with van der Waals surface area (Å²) in [5.41, 5.74) is 0.901. The van der Waals surface area contributed by atoms with Crippen molar-refractivity contribution in [1.29, 1.82) is 0 Å². The second-order valence-electron chi connectivity index (χ2n) is 4.25. The first-order chi connectivity index (χ1) is 7.86. The molecule has 1 fully saturated rings. The molecule has 2 atom stereocenters. The van der Waals surface area contributed by atoms with Gasteiger partial charge in [0.15, 0.2) is 0 Å². The lowest BCUT2D eigenvalue weighted by Gasteiger charge is -2.24. The smallest absolute Gasteiger partial charge is 0.0982 e. The predicted octanol–water partition coefficient (Wildman–Crippen LogP) is 1.70. The molecule has 2 rings (SSSR count). The molecule has 4 heteroatoms. The van der Waals surface area contributed by atoms with E-state index in [-0.39, 0.29) is 6.10 Å². The minimum atomic E-state index is 0.0254. The van der Waals surface area contributed by atoms with E-state index in [1.54, 1.807) is 18.6 Å². The van der Waals surface area contributed by atoms with Crippen LogP contribution in [0.3, 0.4) is 0 Å². The molecule has 0 bridgehead atoms. The van der Waals surface area contributed by atoms with Gasteiger partial charge in [0.1, 0.15) is 0 Å². The Labute approximate surface area is 96.4 Å². The largest absolute Gasteiger partial charge is 0.371 e. The third-order valence-electron chi connectivity index (χ3n) is 2.96. The number of hydrogen-bond donors (Lipinski definition) is 1. The van der Waals surface area contributed by atoms with Gasteiger partial charge in [-0.05, 0) is 26.3 Å². The molecule has 1 N–H and O–H groups in total. The zero-order valence-corrected chi connectivity index (χ0v) is 9.72. The zero-order chi connectivity index (χ0) is 11.2. The van der Waals surface area contributed by atoms with Gasteiger partial charge in [-0.2, -0.15) is 0 Å². The van der Waals surface area contributed by atoms with Gasteiger partial charge in [0.05, 0.1) is 24.6 Å². The molecule has 16 heavy (non-hydrogen) atoms. The van der Waals surface area contributed by atoms with Crippen LogP contribution >= 0.6 is 0 Å². The molecule has 1 aliphatic rings. The van der Waals surface area contributed by atoms with Crippen molar-refractivity contribution in [2.45, 2.75) is 38.3 Å². The number of aromatic nitrogens is 2. The van der Waals surface area contributed by atoms with Crippen molar-refractivity contribution in [2.24, 2.45) is 0 Å². The summed E-state index contributed by atoms with van der Waals surface area (Å²) in [4.78, 5) is 8.28. The van der Waals surface area contributed by atoms with Crippen LogP contribution in [0.5, 0.6) is 0 Å². The van der Waals surface area contributed by atoms with Gasteiger partial charge in [-0.25, -0.2) is 0 Å². The van der Waals surface area contributed by atoms with E-state index in [1.165, 1.54) is 19.3 Å². The predicted molar refractivity (Wildman–Crippen MR) is 62.0 cm³/mol. The summed E-state index contributed by atoms with van der Waals surface area (Å²) >= 11 is 0. The molecular weight excluding hydrogens is 202 g/mol. The summed E-state index contributed by atoms with van der Waals surface area (Å²) in [6, 6.07) is 0.507. The molecule has 1 saturated heterocycles. The highest BCUT2D eigenvalue weighted by Gasteiger charge is 2.15. The van der Waals surface area contributed by atoms with Gasteiger partial charge < -0.3 is 10.1 Å². The lowest BCUT2D eigenvalue weighted by molar-refractivity contribution is 0.0414. The first kappa shape index (κ1) is 11.5. The number of nitrogens with one attached hydrogen (secondary N) is 1. The van der Waals surface area contributed by atoms with Crippen molar-refractivity contribution in [3.05, 3.63) is 24.3 Å². The van der Waals surface area contributed by atoms with Crippen molar-refractivity contribution in [3.63, 3.8) is 0 Å². The van der Waals surface area contributed by atoms with E-state index in [2.05, 4.69) is 15.3 Å². The van der Waals surface area contributed by atoms with Crippen LogP contribution in [0, 0.1) is 0 Å². The van der Waals surface area contributed by atoms with E-state index < -0.39 is 0 Å². The van der Waals surface area contributed by atoms with Crippen molar-refractivity contribution in [3.8, 4) is 0 Å². The van der Waals surface area contributed by atoms with Crippen LogP contribution in [-0.4, -0.2) is 29.2 Å². The molecular formula is C12H19N3O. The van der Waals surface area contributed by atoms with Crippen LogP contribution in [-0.2, 0) is 4.74 Å². The van der Waals surface area contributed by atoms with Crippen molar-refractivity contribution >= 4 is 0 Å². The summed E-state index contributed by atoms with van der Waals surface area (Å²) in [6.45, 7) is 3.90. The minimum absolute atomic E-state index is 0.0254. The van der Waals surface area contributed by atoms with Gasteiger partial charge >= 0.3 is 0 Å². The fraction of sp³-hybridized carbons (Fsp3) is 0.667. The molecule has 1 aliphatic heterocycles. The van der Waals surface area contributed by atoms with Crippen LogP contribution in [0.2, 0.25) is 0 Å². The second kappa shape index (κ2) is 5.92. The maximum Gasteiger partial charge on any atom is 0.0982 e. The molecule has 4 nitrogen and oxygen atoms in total. The Kier molecular flexibility index (Phi) is 4.25. The van der Waals surface area contributed by atoms with Gasteiger partial charge in [-0.1, -0.05) is 6.42 Å². The fourth-order valence-electron chi connectivity index (χ4n) is 1.93. The number of hydrogen-bond acceptors (Lipinski definition) is 4. The van der Waals surface area contributed by atoms with Crippen molar-refractivity contribution in [1.82, 2.24) is 15.3 Å². The Morgan fingerprint density at radius 3 is 3.12 bits per heavy atom. The average molecular weight is 221 g/mol. The normalized spacial score (nSPS) is 22.9. The van der Waals surface area contributed by atoms with Crippen molar-refractivity contribution in [2.75, 3.05) is 13.2 Å². The monoisotopic (exact) mass is 221 g/mol. The van der Waals surface area contributed by atoms with Crippen LogP contribution in [0.15, 0.2) is 18.6 Å². The summed E-state index contributed by atoms with van der Waals surface area (Å²) in [5.74, 6) is 0. The summed E-state index contributed by atoms with van der Waals surface area (Å²) in [6.07, 6.45) is 8.98. The number of piperidine rings is 1. The van der Waals surface area contributed by atoms with Gasteiger partial charge in [0.2, 0.25) is 0 Å². The van der Waals surface area contributed by atoms with Crippen LogP contribution in [0.25, 0.3) is 0 Å². The highest BCUT2D eigenvalue weighted by molar-refractivity contribution is 4.98. The average Bonchev–Trinajstić information content (AvgIpc) is 2.38. The first-order valence-corrected chi connectivity index (χ1v) is 5.97. The van der Waals surface area contributed by atoms with E-state index in [1.807, 2.05) is 6.92 Å². The quantitative estimate of drug-likeness (QED) is 0.840. The molecule has 1 aromatic heterocycles. The van der Waals surface area contributed by atoms with Crippen molar-refractivity contribution < 1.29 is 4.74 Å². The van der Waals surface area contributed by atoms with E-state index in [0.29, 0.717) is 6.04 Å². The van der Waals surface area contributed by atoms with Gasteiger partial charge in [0, 0.05) is 18.4 Å². The SMILES string of the molecule is C[C@H](OC[C@@H]1CCCCN1)c1cnccn1. The second-order valence-corrected chi connectivity index (χ2v) is 4.25. The molecule has 2 heterocycles. The van der Waals surface area contributed by atoms with E-state index in [0.717, 1.165) is 18.8 Å². The number of ether oxygens (including phenoxy) is 1. The molecule has 0 spiro atoms. The molecule has 0 aliphatic carbocycles. The maximum absolute atomic E-state index is 5.80. The third-order valence-corrected chi connectivity index (χ3v) is 2.96. The first-order valence-electron chi connectivity index (χ1n) is 5.97. The third kappa shape index (κ3) is 3.25. The number of nitrogens with zero attached hydrogens (tertiary/aromatic N) is 2. The lowest BCUT2D eigenvalue weighted by Crippen LogP contribution is -2.37. The van der Waals surface area contributed by atoms with E-state index >= 15 is 0 Å². The minimum Gasteiger partial charge on any atom is -0.371 e. The molecule has 1 aromatic rings. The van der Waals surface area contributed by atoms with Crippen LogP contribution in [0.4, 0.5) is 0 Å². The van der Waals surface area contributed by atoms with Crippen LogP contribution in [0.1, 0.15) is 38.0 Å². The highest BCUT2D eigenvalue weighted by Crippen LogP contribution is 2.15. The molecule has 0 amide bonds. The Hall–Kier alpha value is -1.00. The Bertz CT molecular complexity index is 298. The summed E-state index contributed by atoms with van der Waals surface area (Å²) < 4.78 is 5.80. The maximum atomic E-state index is 5.80. The lowest BCUT2D eigenvalue weighted by atomic mass is 10.1. The molecule has 0 radical (unpaired) electrons. The number of rotatable bonds is 4. The molecule has 0 saturated carbocycles.